The minimum absolute atomic E-state index is 0.629. The third-order valence-electron chi connectivity index (χ3n) is 2.37. The fourth-order valence-electron chi connectivity index (χ4n) is 1.50. The van der Waals surface area contributed by atoms with Crippen LogP contribution in [0.1, 0.15) is 35.0 Å². The van der Waals surface area contributed by atoms with E-state index in [0.717, 1.165) is 17.7 Å². The Hall–Kier alpha value is -1.06. The molecule has 2 nitrogen and oxygen atoms in total. The lowest BCUT2D eigenvalue weighted by molar-refractivity contribution is 0.187. The van der Waals surface area contributed by atoms with Crippen LogP contribution in [-0.4, -0.2) is 5.11 Å². The van der Waals surface area contributed by atoms with Crippen LogP contribution in [0.15, 0.2) is 28.0 Å². The highest BCUT2D eigenvalue weighted by molar-refractivity contribution is 7.10. The Morgan fingerprint density at radius 3 is 2.80 bits per heavy atom. The molecule has 2 aromatic rings. The lowest BCUT2D eigenvalue weighted by atomic mass is 10.1. The van der Waals surface area contributed by atoms with Crippen molar-refractivity contribution in [1.29, 1.82) is 0 Å². The van der Waals surface area contributed by atoms with E-state index in [2.05, 4.69) is 0 Å². The van der Waals surface area contributed by atoms with Gasteiger partial charge in [-0.1, -0.05) is 6.92 Å². The van der Waals surface area contributed by atoms with Gasteiger partial charge in [-0.25, -0.2) is 0 Å². The summed E-state index contributed by atoms with van der Waals surface area (Å²) in [5.41, 5.74) is 0.912. The summed E-state index contributed by atoms with van der Waals surface area (Å²) in [7, 11) is 0. The molecule has 0 fully saturated rings. The zero-order chi connectivity index (χ0) is 10.8. The second-order valence-corrected chi connectivity index (χ2v) is 4.67. The van der Waals surface area contributed by atoms with E-state index in [1.54, 1.807) is 11.3 Å². The van der Waals surface area contributed by atoms with Gasteiger partial charge in [-0.05, 0) is 36.1 Å². The van der Waals surface area contributed by atoms with Gasteiger partial charge in [0.1, 0.15) is 17.6 Å². The van der Waals surface area contributed by atoms with Gasteiger partial charge in [0.2, 0.25) is 0 Å². The summed E-state index contributed by atoms with van der Waals surface area (Å²) in [6.45, 7) is 4.06. The molecule has 2 heterocycles. The summed E-state index contributed by atoms with van der Waals surface area (Å²) in [6.07, 6.45) is 0.227. The average Bonchev–Trinajstić information content (AvgIpc) is 2.84. The Morgan fingerprint density at radius 1 is 1.47 bits per heavy atom. The first-order valence-corrected chi connectivity index (χ1v) is 5.90. The molecule has 2 aromatic heterocycles. The molecular weight excluding hydrogens is 208 g/mol. The summed E-state index contributed by atoms with van der Waals surface area (Å²) in [5.74, 6) is 1.54. The number of furan rings is 1. The van der Waals surface area contributed by atoms with Crippen molar-refractivity contribution in [3.05, 3.63) is 45.5 Å². The van der Waals surface area contributed by atoms with Gasteiger partial charge < -0.3 is 9.52 Å². The van der Waals surface area contributed by atoms with Gasteiger partial charge in [0, 0.05) is 11.3 Å². The molecule has 1 unspecified atom stereocenters. The van der Waals surface area contributed by atoms with E-state index >= 15 is 0 Å². The predicted octanol–water partition coefficient (Wildman–Crippen LogP) is 3.29. The smallest absolute Gasteiger partial charge is 0.137 e. The predicted molar refractivity (Wildman–Crippen MR) is 61.2 cm³/mol. The molecule has 2 rings (SSSR count). The van der Waals surface area contributed by atoms with Crippen LogP contribution in [0.5, 0.6) is 0 Å². The van der Waals surface area contributed by atoms with Crippen LogP contribution in [0.25, 0.3) is 0 Å². The molecule has 0 aliphatic carbocycles. The van der Waals surface area contributed by atoms with Crippen molar-refractivity contribution < 1.29 is 9.52 Å². The highest BCUT2D eigenvalue weighted by Crippen LogP contribution is 2.27. The SMILES string of the molecule is CCc1ccc(C(O)c2csc(C)c2)o1. The van der Waals surface area contributed by atoms with Crippen LogP contribution < -0.4 is 0 Å². The number of aliphatic hydroxyl groups excluding tert-OH is 1. The Kier molecular flexibility index (Phi) is 2.93. The minimum Gasteiger partial charge on any atom is -0.463 e. The second kappa shape index (κ2) is 4.21. The zero-order valence-electron chi connectivity index (χ0n) is 8.86. The minimum atomic E-state index is -0.629. The highest BCUT2D eigenvalue weighted by Gasteiger charge is 2.15. The first kappa shape index (κ1) is 10.5. The molecule has 0 spiro atoms. The molecule has 0 amide bonds. The first-order chi connectivity index (χ1) is 7.20. The van der Waals surface area contributed by atoms with Crippen molar-refractivity contribution >= 4 is 11.3 Å². The maximum absolute atomic E-state index is 10.0. The monoisotopic (exact) mass is 222 g/mol. The van der Waals surface area contributed by atoms with Crippen molar-refractivity contribution in [3.63, 3.8) is 0 Å². The van der Waals surface area contributed by atoms with E-state index in [9.17, 15) is 5.11 Å². The standard InChI is InChI=1S/C12H14O2S/c1-3-10-4-5-11(14-10)12(13)9-6-8(2)15-7-9/h4-7,12-13H,3H2,1-2H3. The summed E-state index contributed by atoms with van der Waals surface area (Å²) >= 11 is 1.64. The molecule has 0 radical (unpaired) electrons. The van der Waals surface area contributed by atoms with Crippen molar-refractivity contribution in [1.82, 2.24) is 0 Å². The van der Waals surface area contributed by atoms with Crippen LogP contribution in [0.2, 0.25) is 0 Å². The molecule has 0 aromatic carbocycles. The molecule has 80 valence electrons. The molecule has 1 atom stereocenters. The average molecular weight is 222 g/mol. The lowest BCUT2D eigenvalue weighted by Crippen LogP contribution is -1.95. The Balaban J connectivity index is 2.23. The molecule has 0 aliphatic rings. The van der Waals surface area contributed by atoms with Gasteiger partial charge in [-0.15, -0.1) is 11.3 Å². The van der Waals surface area contributed by atoms with Gasteiger partial charge in [0.25, 0.3) is 0 Å². The quantitative estimate of drug-likeness (QED) is 0.864. The number of hydrogen-bond acceptors (Lipinski definition) is 3. The number of aryl methyl sites for hydroxylation is 2. The van der Waals surface area contributed by atoms with Crippen LogP contribution in [0.4, 0.5) is 0 Å². The molecule has 0 aliphatic heterocycles. The van der Waals surface area contributed by atoms with Gasteiger partial charge in [0.05, 0.1) is 0 Å². The van der Waals surface area contributed by atoms with E-state index in [-0.39, 0.29) is 0 Å². The van der Waals surface area contributed by atoms with Crippen LogP contribution >= 0.6 is 11.3 Å². The Bertz CT molecular complexity index is 442. The molecular formula is C12H14O2S. The first-order valence-electron chi connectivity index (χ1n) is 5.02. The number of aliphatic hydroxyl groups is 1. The largest absolute Gasteiger partial charge is 0.463 e. The second-order valence-electron chi connectivity index (χ2n) is 3.55. The van der Waals surface area contributed by atoms with Crippen molar-refractivity contribution in [2.24, 2.45) is 0 Å². The molecule has 0 saturated heterocycles. The van der Waals surface area contributed by atoms with Gasteiger partial charge in [-0.3, -0.25) is 0 Å². The Morgan fingerprint density at radius 2 is 2.27 bits per heavy atom. The van der Waals surface area contributed by atoms with Crippen molar-refractivity contribution in [2.75, 3.05) is 0 Å². The summed E-state index contributed by atoms with van der Waals surface area (Å²) in [4.78, 5) is 1.20. The van der Waals surface area contributed by atoms with E-state index in [4.69, 9.17) is 4.42 Å². The van der Waals surface area contributed by atoms with E-state index < -0.39 is 6.10 Å². The van der Waals surface area contributed by atoms with E-state index in [0.29, 0.717) is 5.76 Å². The van der Waals surface area contributed by atoms with E-state index in [1.165, 1.54) is 4.88 Å². The summed E-state index contributed by atoms with van der Waals surface area (Å²) < 4.78 is 5.51. The highest BCUT2D eigenvalue weighted by atomic mass is 32.1. The fraction of sp³-hybridized carbons (Fsp3) is 0.333. The maximum Gasteiger partial charge on any atom is 0.137 e. The molecule has 0 saturated carbocycles. The molecule has 3 heteroatoms. The van der Waals surface area contributed by atoms with Crippen LogP contribution in [-0.2, 0) is 6.42 Å². The molecule has 15 heavy (non-hydrogen) atoms. The zero-order valence-corrected chi connectivity index (χ0v) is 9.67. The number of hydrogen-bond donors (Lipinski definition) is 1. The lowest BCUT2D eigenvalue weighted by Gasteiger charge is -2.04. The van der Waals surface area contributed by atoms with Gasteiger partial charge >= 0.3 is 0 Å². The maximum atomic E-state index is 10.0. The normalized spacial score (nSPS) is 13.0. The third kappa shape index (κ3) is 2.13. The van der Waals surface area contributed by atoms with Crippen molar-refractivity contribution in [3.8, 4) is 0 Å². The van der Waals surface area contributed by atoms with Gasteiger partial charge in [0.15, 0.2) is 0 Å². The number of thiophene rings is 1. The molecule has 1 N–H and O–H groups in total. The summed E-state index contributed by atoms with van der Waals surface area (Å²) in [6, 6.07) is 5.75. The van der Waals surface area contributed by atoms with Crippen LogP contribution in [0, 0.1) is 6.92 Å². The third-order valence-corrected chi connectivity index (χ3v) is 3.25. The fourth-order valence-corrected chi connectivity index (χ4v) is 2.23. The van der Waals surface area contributed by atoms with Gasteiger partial charge in [-0.2, -0.15) is 0 Å². The van der Waals surface area contributed by atoms with Crippen LogP contribution in [0.3, 0.4) is 0 Å². The molecule has 0 bridgehead atoms. The summed E-state index contributed by atoms with van der Waals surface area (Å²) in [5, 5.41) is 12.0. The Labute approximate surface area is 93.2 Å². The van der Waals surface area contributed by atoms with Crippen molar-refractivity contribution in [2.45, 2.75) is 26.4 Å². The van der Waals surface area contributed by atoms with E-state index in [1.807, 2.05) is 37.4 Å². The topological polar surface area (TPSA) is 33.4 Å². The number of rotatable bonds is 3.